The first-order valence-corrected chi connectivity index (χ1v) is 15.6. The van der Waals surface area contributed by atoms with Crippen molar-refractivity contribution in [3.63, 3.8) is 0 Å². The van der Waals surface area contributed by atoms with Crippen LogP contribution in [0.4, 0.5) is 10.1 Å². The average Bonchev–Trinajstić information content (AvgIpc) is 3.33. The van der Waals surface area contributed by atoms with Gasteiger partial charge < -0.3 is 10.1 Å². The molecule has 8 heteroatoms. The van der Waals surface area contributed by atoms with Gasteiger partial charge in [0, 0.05) is 31.2 Å². The molecular weight excluding hydrogens is 536 g/mol. The highest BCUT2D eigenvalue weighted by Crippen LogP contribution is 2.61. The third-order valence-corrected chi connectivity index (χ3v) is 8.89. The Morgan fingerprint density at radius 1 is 1.31 bits per heavy atom. The summed E-state index contributed by atoms with van der Waals surface area (Å²) < 4.78 is 22.9. The predicted molar refractivity (Wildman–Crippen MR) is 137 cm³/mol. The monoisotopic (exact) mass is 565 g/mol. The van der Waals surface area contributed by atoms with Crippen LogP contribution < -0.4 is 5.32 Å². The summed E-state index contributed by atoms with van der Waals surface area (Å²) >= 11 is 2.27. The van der Waals surface area contributed by atoms with Gasteiger partial charge in [-0.25, -0.2) is 9.07 Å². The third-order valence-electron chi connectivity index (χ3n) is 6.39. The summed E-state index contributed by atoms with van der Waals surface area (Å²) in [6.45, 7) is 10.3. The van der Waals surface area contributed by atoms with E-state index in [-0.39, 0.29) is 17.2 Å². The number of ether oxygens (including phenoxy) is 1. The fourth-order valence-corrected chi connectivity index (χ4v) is 5.79. The van der Waals surface area contributed by atoms with Crippen molar-refractivity contribution in [3.8, 4) is 0 Å². The fraction of sp³-hybridized carbons (Fsp3) is 0.417. The Labute approximate surface area is 202 Å². The van der Waals surface area contributed by atoms with E-state index in [1.54, 1.807) is 12.1 Å². The zero-order chi connectivity index (χ0) is 23.1. The smallest absolute Gasteiger partial charge is 0.211 e. The molecule has 3 aromatic rings. The maximum Gasteiger partial charge on any atom is 0.211 e. The van der Waals surface area contributed by atoms with E-state index in [4.69, 9.17) is 4.74 Å². The van der Waals surface area contributed by atoms with Crippen LogP contribution in [-0.2, 0) is 21.7 Å². The van der Waals surface area contributed by atoms with Crippen LogP contribution in [0.3, 0.4) is 0 Å². The number of halogens is 2. The number of amides is 1. The standard InChI is InChI=1S/C24H29FIN3O2Si/c1-24(19-12-17(25)6-8-21(19)27-14-30)13-20(24)16-5-7-18-22(11-16)29(28-23(18)26)15-31-9-10-32(2,3)4/h5-8,11-12,14,20H,9-10,13,15H2,1-4H3,(H,27,30)/t20-,24?/m0/s1. The zero-order valence-electron chi connectivity index (χ0n) is 18.9. The van der Waals surface area contributed by atoms with Crippen molar-refractivity contribution in [1.82, 2.24) is 9.78 Å². The number of nitrogens with one attached hydrogen (secondary N) is 1. The summed E-state index contributed by atoms with van der Waals surface area (Å²) in [6, 6.07) is 12.1. The van der Waals surface area contributed by atoms with E-state index in [2.05, 4.69) is 77.8 Å². The molecule has 4 rings (SSSR count). The van der Waals surface area contributed by atoms with Crippen LogP contribution in [0.1, 0.15) is 30.4 Å². The Balaban J connectivity index is 1.59. The summed E-state index contributed by atoms with van der Waals surface area (Å²) in [5.74, 6) is -0.0448. The van der Waals surface area contributed by atoms with Gasteiger partial charge in [0.25, 0.3) is 0 Å². The molecule has 1 unspecified atom stereocenters. The lowest BCUT2D eigenvalue weighted by molar-refractivity contribution is -0.105. The molecule has 1 fully saturated rings. The highest BCUT2D eigenvalue weighted by molar-refractivity contribution is 14.1. The molecule has 0 radical (unpaired) electrons. The Morgan fingerprint density at radius 3 is 2.81 bits per heavy atom. The number of nitrogens with zero attached hydrogens (tertiary/aromatic N) is 2. The molecule has 2 aromatic carbocycles. The van der Waals surface area contributed by atoms with Crippen molar-refractivity contribution in [1.29, 1.82) is 0 Å². The SMILES string of the molecule is CC1(c2cc(F)ccc2NC=O)C[C@H]1c1ccc2c(I)nn(COCC[Si](C)(C)C)c2c1. The van der Waals surface area contributed by atoms with Crippen molar-refractivity contribution < 1.29 is 13.9 Å². The molecule has 1 aliphatic carbocycles. The van der Waals surface area contributed by atoms with Gasteiger partial charge in [-0.15, -0.1) is 0 Å². The van der Waals surface area contributed by atoms with Gasteiger partial charge in [0.05, 0.1) is 5.52 Å². The summed E-state index contributed by atoms with van der Waals surface area (Å²) in [4.78, 5) is 11.0. The van der Waals surface area contributed by atoms with Crippen LogP contribution in [0.15, 0.2) is 36.4 Å². The molecule has 2 atom stereocenters. The highest BCUT2D eigenvalue weighted by atomic mass is 127. The normalized spacial score (nSPS) is 20.5. The minimum absolute atomic E-state index is 0.229. The summed E-state index contributed by atoms with van der Waals surface area (Å²) in [5.41, 5.74) is 3.53. The molecule has 1 saturated carbocycles. The number of anilines is 1. The van der Waals surface area contributed by atoms with Crippen molar-refractivity contribution in [3.05, 3.63) is 57.0 Å². The molecule has 0 spiro atoms. The Hall–Kier alpha value is -1.78. The molecular formula is C24H29FIN3O2Si. The predicted octanol–water partition coefficient (Wildman–Crippen LogP) is 6.11. The van der Waals surface area contributed by atoms with Crippen LogP contribution >= 0.6 is 22.6 Å². The van der Waals surface area contributed by atoms with Gasteiger partial charge in [0.2, 0.25) is 6.41 Å². The second-order valence-electron chi connectivity index (χ2n) is 10.0. The number of rotatable bonds is 9. The molecule has 32 heavy (non-hydrogen) atoms. The number of fused-ring (bicyclic) bond motifs is 1. The topological polar surface area (TPSA) is 56.2 Å². The lowest BCUT2D eigenvalue weighted by Crippen LogP contribution is -2.22. The van der Waals surface area contributed by atoms with E-state index >= 15 is 0 Å². The van der Waals surface area contributed by atoms with E-state index < -0.39 is 8.07 Å². The van der Waals surface area contributed by atoms with Crippen molar-refractivity contribution in [2.45, 2.75) is 57.1 Å². The minimum atomic E-state index is -1.13. The van der Waals surface area contributed by atoms with Crippen LogP contribution in [0.2, 0.25) is 25.7 Å². The molecule has 1 heterocycles. The molecule has 0 aliphatic heterocycles. The number of hydrogen-bond donors (Lipinski definition) is 1. The number of benzene rings is 2. The van der Waals surface area contributed by atoms with Gasteiger partial charge in [0.15, 0.2) is 0 Å². The maximum absolute atomic E-state index is 14.0. The van der Waals surface area contributed by atoms with Crippen molar-refractivity contribution in [2.24, 2.45) is 0 Å². The van der Waals surface area contributed by atoms with Gasteiger partial charge in [-0.3, -0.25) is 4.79 Å². The highest BCUT2D eigenvalue weighted by Gasteiger charge is 2.53. The van der Waals surface area contributed by atoms with Crippen LogP contribution in [-0.4, -0.2) is 30.9 Å². The summed E-state index contributed by atoms with van der Waals surface area (Å²) in [5, 5.41) is 8.52. The van der Waals surface area contributed by atoms with Gasteiger partial charge in [-0.05, 0) is 82.4 Å². The van der Waals surface area contributed by atoms with Crippen molar-refractivity contribution in [2.75, 3.05) is 11.9 Å². The van der Waals surface area contributed by atoms with Gasteiger partial charge in [-0.2, -0.15) is 5.10 Å². The molecule has 1 aliphatic rings. The van der Waals surface area contributed by atoms with Gasteiger partial charge >= 0.3 is 0 Å². The summed E-state index contributed by atoms with van der Waals surface area (Å²) in [6.07, 6.45) is 1.54. The molecule has 0 saturated heterocycles. The Morgan fingerprint density at radius 2 is 2.09 bits per heavy atom. The number of carbonyl (C=O) groups is 1. The minimum Gasteiger partial charge on any atom is -0.360 e. The second-order valence-corrected chi connectivity index (χ2v) is 16.7. The van der Waals surface area contributed by atoms with Gasteiger partial charge in [0.1, 0.15) is 16.2 Å². The average molecular weight is 566 g/mol. The van der Waals surface area contributed by atoms with E-state index in [1.165, 1.54) is 11.6 Å². The first-order chi connectivity index (χ1) is 15.1. The molecule has 5 nitrogen and oxygen atoms in total. The molecule has 1 amide bonds. The van der Waals surface area contributed by atoms with Crippen LogP contribution in [0, 0.1) is 9.52 Å². The van der Waals surface area contributed by atoms with E-state index in [9.17, 15) is 9.18 Å². The Bertz CT molecular complexity index is 1160. The first-order valence-electron chi connectivity index (χ1n) is 10.9. The first kappa shape index (κ1) is 23.4. The molecule has 0 bridgehead atoms. The number of carbonyl (C=O) groups excluding carboxylic acids is 1. The van der Waals surface area contributed by atoms with Crippen molar-refractivity contribution >= 4 is 53.7 Å². The van der Waals surface area contributed by atoms with Gasteiger partial charge in [-0.1, -0.05) is 32.6 Å². The summed E-state index contributed by atoms with van der Waals surface area (Å²) in [7, 11) is -1.13. The molecule has 170 valence electrons. The van der Waals surface area contributed by atoms with E-state index in [1.807, 2.05) is 4.68 Å². The van der Waals surface area contributed by atoms with Crippen LogP contribution in [0.25, 0.3) is 10.9 Å². The van der Waals surface area contributed by atoms with E-state index in [0.717, 1.165) is 39.2 Å². The zero-order valence-corrected chi connectivity index (χ0v) is 22.1. The van der Waals surface area contributed by atoms with E-state index in [0.29, 0.717) is 18.8 Å². The lowest BCUT2D eigenvalue weighted by atomic mass is 9.91. The number of aromatic nitrogens is 2. The maximum atomic E-state index is 14.0. The lowest BCUT2D eigenvalue weighted by Gasteiger charge is -2.17. The largest absolute Gasteiger partial charge is 0.360 e. The van der Waals surface area contributed by atoms with Crippen LogP contribution in [0.5, 0.6) is 0 Å². The quantitative estimate of drug-likeness (QED) is 0.148. The fourth-order valence-electron chi connectivity index (χ4n) is 4.32. The third kappa shape index (κ3) is 4.77. The molecule has 1 aromatic heterocycles. The Kier molecular flexibility index (Phi) is 6.48. The second kappa shape index (κ2) is 8.87. The number of hydrogen-bond acceptors (Lipinski definition) is 3. The molecule has 1 N–H and O–H groups in total.